The van der Waals surface area contributed by atoms with Crippen molar-refractivity contribution in [2.75, 3.05) is 0 Å². The molecule has 0 atom stereocenters. The number of ether oxygens (including phenoxy) is 1. The monoisotopic (exact) mass is 332 g/mol. The molecule has 0 aromatic heterocycles. The molecule has 8 nitrogen and oxygen atoms in total. The summed E-state index contributed by atoms with van der Waals surface area (Å²) in [5.74, 6) is -3.96. The van der Waals surface area contributed by atoms with Crippen molar-refractivity contribution < 1.29 is 39.5 Å². The molecule has 124 valence electrons. The lowest BCUT2D eigenvalue weighted by Gasteiger charge is -2.10. The molecule has 24 heavy (non-hydrogen) atoms. The number of aromatic carboxylic acids is 3. The van der Waals surface area contributed by atoms with Gasteiger partial charge in [-0.1, -0.05) is 0 Å². The number of aliphatic hydroxyl groups excluding tert-OH is 1. The molecule has 0 spiro atoms. The van der Waals surface area contributed by atoms with E-state index in [9.17, 15) is 14.4 Å². The summed E-state index contributed by atoms with van der Waals surface area (Å²) < 4.78 is 5.39. The van der Waals surface area contributed by atoms with E-state index in [2.05, 4.69) is 0 Å². The highest BCUT2D eigenvalue weighted by Gasteiger charge is 2.14. The van der Waals surface area contributed by atoms with Crippen LogP contribution in [0.15, 0.2) is 36.4 Å². The first kappa shape index (κ1) is 17.0. The Labute approximate surface area is 135 Å². The predicted molar refractivity (Wildman–Crippen MR) is 79.8 cm³/mol. The minimum absolute atomic E-state index is 0.0258. The van der Waals surface area contributed by atoms with Gasteiger partial charge >= 0.3 is 17.9 Å². The minimum Gasteiger partial charge on any atom is -0.478 e. The minimum atomic E-state index is -1.33. The first-order valence-corrected chi connectivity index (χ1v) is 6.58. The first-order valence-electron chi connectivity index (χ1n) is 6.58. The predicted octanol–water partition coefficient (Wildman–Crippen LogP) is 2.07. The molecule has 0 aliphatic heterocycles. The van der Waals surface area contributed by atoms with Crippen molar-refractivity contribution in [3.05, 3.63) is 58.7 Å². The fraction of sp³-hybridized carbons (Fsp3) is 0.0625. The Morgan fingerprint density at radius 2 is 1.12 bits per heavy atom. The van der Waals surface area contributed by atoms with Crippen LogP contribution < -0.4 is 4.74 Å². The average Bonchev–Trinajstić information content (AvgIpc) is 2.53. The molecule has 0 fully saturated rings. The molecule has 2 rings (SSSR count). The zero-order valence-electron chi connectivity index (χ0n) is 12.1. The standard InChI is InChI=1S/C16H12O8/c17-7-8-1-9(14(18)19)4-12(2-8)24-13-5-10(15(20)21)3-11(6-13)16(22)23/h1-6,17H,7H2,(H,18,19)(H,20,21)(H,22,23). The van der Waals surface area contributed by atoms with Crippen LogP contribution in [0.4, 0.5) is 0 Å². The molecule has 0 heterocycles. The maximum Gasteiger partial charge on any atom is 0.335 e. The quantitative estimate of drug-likeness (QED) is 0.630. The van der Waals surface area contributed by atoms with Crippen molar-refractivity contribution >= 4 is 17.9 Å². The van der Waals surface area contributed by atoms with E-state index in [1.807, 2.05) is 0 Å². The van der Waals surface area contributed by atoms with Gasteiger partial charge in [-0.15, -0.1) is 0 Å². The summed E-state index contributed by atoms with van der Waals surface area (Å²) in [6, 6.07) is 6.99. The van der Waals surface area contributed by atoms with E-state index in [1.54, 1.807) is 0 Å². The number of carboxylic acids is 3. The Morgan fingerprint density at radius 3 is 1.54 bits per heavy atom. The lowest BCUT2D eigenvalue weighted by Crippen LogP contribution is -2.03. The third kappa shape index (κ3) is 3.87. The van der Waals surface area contributed by atoms with E-state index in [0.717, 1.165) is 18.2 Å². The lowest BCUT2D eigenvalue weighted by atomic mass is 10.1. The molecule has 0 bridgehead atoms. The van der Waals surface area contributed by atoms with Gasteiger partial charge in [0.25, 0.3) is 0 Å². The third-order valence-corrected chi connectivity index (χ3v) is 3.03. The van der Waals surface area contributed by atoms with Gasteiger partial charge in [-0.05, 0) is 42.0 Å². The largest absolute Gasteiger partial charge is 0.478 e. The maximum atomic E-state index is 11.1. The highest BCUT2D eigenvalue weighted by molar-refractivity contribution is 5.94. The van der Waals surface area contributed by atoms with E-state index in [0.29, 0.717) is 0 Å². The van der Waals surface area contributed by atoms with Crippen molar-refractivity contribution in [2.24, 2.45) is 0 Å². The molecule has 0 saturated heterocycles. The van der Waals surface area contributed by atoms with Crippen molar-refractivity contribution in [1.82, 2.24) is 0 Å². The molecular weight excluding hydrogens is 320 g/mol. The van der Waals surface area contributed by atoms with Crippen LogP contribution in [0.1, 0.15) is 36.6 Å². The van der Waals surface area contributed by atoms with Crippen molar-refractivity contribution in [3.8, 4) is 11.5 Å². The smallest absolute Gasteiger partial charge is 0.335 e. The van der Waals surface area contributed by atoms with Crippen molar-refractivity contribution in [2.45, 2.75) is 6.61 Å². The fourth-order valence-corrected chi connectivity index (χ4v) is 1.98. The van der Waals surface area contributed by atoms with Gasteiger partial charge in [-0.3, -0.25) is 0 Å². The summed E-state index contributed by atoms with van der Waals surface area (Å²) in [5, 5.41) is 36.2. The van der Waals surface area contributed by atoms with Gasteiger partial charge in [0.1, 0.15) is 11.5 Å². The van der Waals surface area contributed by atoms with E-state index in [4.69, 9.17) is 25.2 Å². The molecule has 0 aliphatic rings. The van der Waals surface area contributed by atoms with E-state index in [1.165, 1.54) is 18.2 Å². The zero-order valence-corrected chi connectivity index (χ0v) is 12.1. The van der Waals surface area contributed by atoms with E-state index in [-0.39, 0.29) is 33.8 Å². The zero-order chi connectivity index (χ0) is 17.9. The number of hydrogen-bond donors (Lipinski definition) is 4. The summed E-state index contributed by atoms with van der Waals surface area (Å²) >= 11 is 0. The normalized spacial score (nSPS) is 10.2. The molecule has 8 heteroatoms. The summed E-state index contributed by atoms with van der Waals surface area (Å²) in [7, 11) is 0. The van der Waals surface area contributed by atoms with E-state index >= 15 is 0 Å². The molecule has 0 saturated carbocycles. The van der Waals surface area contributed by atoms with Gasteiger partial charge in [0.15, 0.2) is 0 Å². The van der Waals surface area contributed by atoms with Crippen LogP contribution in [0.5, 0.6) is 11.5 Å². The maximum absolute atomic E-state index is 11.1. The Hall–Kier alpha value is -3.39. The number of carbonyl (C=O) groups is 3. The second-order valence-electron chi connectivity index (χ2n) is 4.79. The average molecular weight is 332 g/mol. The molecule has 0 unspecified atom stereocenters. The molecular formula is C16H12O8. The molecule has 0 radical (unpaired) electrons. The van der Waals surface area contributed by atoms with Crippen LogP contribution in [0.3, 0.4) is 0 Å². The van der Waals surface area contributed by atoms with Crippen LogP contribution in [-0.4, -0.2) is 38.3 Å². The summed E-state index contributed by atoms with van der Waals surface area (Å²) in [6.07, 6.45) is 0. The Balaban J connectivity index is 2.47. The summed E-state index contributed by atoms with van der Waals surface area (Å²) in [4.78, 5) is 33.2. The van der Waals surface area contributed by atoms with Crippen LogP contribution in [-0.2, 0) is 6.61 Å². The SMILES string of the molecule is O=C(O)c1cc(CO)cc(Oc2cc(C(=O)O)cc(C(=O)O)c2)c1. The highest BCUT2D eigenvalue weighted by Crippen LogP contribution is 2.26. The van der Waals surface area contributed by atoms with Gasteiger partial charge in [0.2, 0.25) is 0 Å². The fourth-order valence-electron chi connectivity index (χ4n) is 1.98. The number of benzene rings is 2. The van der Waals surface area contributed by atoms with Gasteiger partial charge < -0.3 is 25.2 Å². The number of aliphatic hydroxyl groups is 1. The molecule has 4 N–H and O–H groups in total. The first-order chi connectivity index (χ1) is 11.3. The second kappa shape index (κ2) is 6.80. The van der Waals surface area contributed by atoms with Crippen LogP contribution in [0.25, 0.3) is 0 Å². The molecule has 2 aromatic carbocycles. The molecule has 2 aromatic rings. The van der Waals surface area contributed by atoms with Crippen LogP contribution in [0.2, 0.25) is 0 Å². The number of hydrogen-bond acceptors (Lipinski definition) is 5. The van der Waals surface area contributed by atoms with E-state index < -0.39 is 24.5 Å². The van der Waals surface area contributed by atoms with Crippen molar-refractivity contribution in [1.29, 1.82) is 0 Å². The van der Waals surface area contributed by atoms with Crippen molar-refractivity contribution in [3.63, 3.8) is 0 Å². The Kier molecular flexibility index (Phi) is 4.81. The van der Waals surface area contributed by atoms with Gasteiger partial charge in [0, 0.05) is 0 Å². The Morgan fingerprint density at radius 1 is 0.708 bits per heavy atom. The summed E-state index contributed by atoms with van der Waals surface area (Å²) in [6.45, 7) is -0.424. The highest BCUT2D eigenvalue weighted by atomic mass is 16.5. The van der Waals surface area contributed by atoms with Crippen LogP contribution >= 0.6 is 0 Å². The second-order valence-corrected chi connectivity index (χ2v) is 4.79. The summed E-state index contributed by atoms with van der Waals surface area (Å²) in [5.41, 5.74) is -0.439. The molecule has 0 amide bonds. The lowest BCUT2D eigenvalue weighted by molar-refractivity contribution is 0.0682. The van der Waals surface area contributed by atoms with Gasteiger partial charge in [0.05, 0.1) is 23.3 Å². The topological polar surface area (TPSA) is 141 Å². The van der Waals surface area contributed by atoms with Gasteiger partial charge in [-0.2, -0.15) is 0 Å². The van der Waals surface area contributed by atoms with Gasteiger partial charge in [-0.25, -0.2) is 14.4 Å². The number of carboxylic acid groups (broad SMARTS) is 3. The Bertz CT molecular complexity index is 793. The number of rotatable bonds is 6. The third-order valence-electron chi connectivity index (χ3n) is 3.03. The van der Waals surface area contributed by atoms with Crippen LogP contribution in [0, 0.1) is 0 Å². The molecule has 0 aliphatic carbocycles.